The first kappa shape index (κ1) is 13.3. The number of piperazine rings is 1. The third-order valence-electron chi connectivity index (χ3n) is 3.29. The first-order valence-corrected chi connectivity index (χ1v) is 5.92. The Morgan fingerprint density at radius 3 is 2.75 bits per heavy atom. The molecule has 1 heterocycles. The molecule has 5 nitrogen and oxygen atoms in total. The molecule has 0 aromatic rings. The number of urea groups is 1. The zero-order valence-corrected chi connectivity index (χ0v) is 10.9. The van der Waals surface area contributed by atoms with Crippen LogP contribution in [-0.2, 0) is 0 Å². The van der Waals surface area contributed by atoms with Crippen molar-refractivity contribution in [3.8, 4) is 0 Å². The molecule has 1 rings (SSSR count). The minimum Gasteiger partial charge on any atom is -0.336 e. The average molecular weight is 228 g/mol. The zero-order valence-electron chi connectivity index (χ0n) is 10.9. The van der Waals surface area contributed by atoms with Crippen LogP contribution in [0.5, 0.6) is 0 Å². The molecule has 0 aromatic heterocycles. The van der Waals surface area contributed by atoms with Gasteiger partial charge in [0.15, 0.2) is 0 Å². The summed E-state index contributed by atoms with van der Waals surface area (Å²) in [4.78, 5) is 17.9. The molecular formula is C11H24N4O. The van der Waals surface area contributed by atoms with Gasteiger partial charge >= 0.3 is 6.03 Å². The van der Waals surface area contributed by atoms with E-state index in [9.17, 15) is 4.79 Å². The van der Waals surface area contributed by atoms with Crippen molar-refractivity contribution in [3.63, 3.8) is 0 Å². The van der Waals surface area contributed by atoms with E-state index >= 15 is 0 Å². The Morgan fingerprint density at radius 2 is 2.12 bits per heavy atom. The zero-order chi connectivity index (χ0) is 12.1. The third-order valence-corrected chi connectivity index (χ3v) is 3.29. The van der Waals surface area contributed by atoms with Gasteiger partial charge in [0.1, 0.15) is 0 Å². The monoisotopic (exact) mass is 228 g/mol. The lowest BCUT2D eigenvalue weighted by molar-refractivity contribution is 0.113. The van der Waals surface area contributed by atoms with Crippen LogP contribution in [-0.4, -0.2) is 80.6 Å². The van der Waals surface area contributed by atoms with E-state index in [2.05, 4.69) is 29.2 Å². The molecule has 16 heavy (non-hydrogen) atoms. The minimum absolute atomic E-state index is 0.0177. The SMILES string of the molecule is CCN(C)C(=O)NCC1CN(C)CCN1C. The fourth-order valence-electron chi connectivity index (χ4n) is 1.81. The smallest absolute Gasteiger partial charge is 0.317 e. The summed E-state index contributed by atoms with van der Waals surface area (Å²) in [5.41, 5.74) is 0. The summed E-state index contributed by atoms with van der Waals surface area (Å²) >= 11 is 0. The molecule has 0 saturated carbocycles. The summed E-state index contributed by atoms with van der Waals surface area (Å²) in [7, 11) is 6.05. The fourth-order valence-corrected chi connectivity index (χ4v) is 1.81. The summed E-state index contributed by atoms with van der Waals surface area (Å²) in [6.45, 7) is 6.64. The molecule has 94 valence electrons. The van der Waals surface area contributed by atoms with Crippen LogP contribution in [0.25, 0.3) is 0 Å². The molecule has 1 aliphatic rings. The summed E-state index contributed by atoms with van der Waals surface area (Å²) in [6, 6.07) is 0.442. The van der Waals surface area contributed by atoms with E-state index < -0.39 is 0 Å². The second-order valence-corrected chi connectivity index (χ2v) is 4.60. The van der Waals surface area contributed by atoms with E-state index in [4.69, 9.17) is 0 Å². The van der Waals surface area contributed by atoms with Crippen molar-refractivity contribution in [2.75, 3.05) is 53.9 Å². The molecule has 1 aliphatic heterocycles. The summed E-state index contributed by atoms with van der Waals surface area (Å²) < 4.78 is 0. The van der Waals surface area contributed by atoms with Gasteiger partial charge in [0.05, 0.1) is 0 Å². The Hall–Kier alpha value is -0.810. The van der Waals surface area contributed by atoms with Crippen LogP contribution in [0.3, 0.4) is 0 Å². The second-order valence-electron chi connectivity index (χ2n) is 4.60. The van der Waals surface area contributed by atoms with Crippen molar-refractivity contribution in [3.05, 3.63) is 0 Å². The van der Waals surface area contributed by atoms with E-state index in [0.717, 1.165) is 32.7 Å². The van der Waals surface area contributed by atoms with Crippen LogP contribution in [0.1, 0.15) is 6.92 Å². The third kappa shape index (κ3) is 3.64. The molecule has 0 radical (unpaired) electrons. The lowest BCUT2D eigenvalue weighted by Crippen LogP contribution is -2.55. The van der Waals surface area contributed by atoms with Crippen molar-refractivity contribution in [2.24, 2.45) is 0 Å². The maximum absolute atomic E-state index is 11.6. The fraction of sp³-hybridized carbons (Fsp3) is 0.909. The van der Waals surface area contributed by atoms with Gasteiger partial charge in [-0.2, -0.15) is 0 Å². The maximum atomic E-state index is 11.6. The maximum Gasteiger partial charge on any atom is 0.317 e. The molecule has 1 fully saturated rings. The average Bonchev–Trinajstić information content (AvgIpc) is 2.28. The summed E-state index contributed by atoms with van der Waals surface area (Å²) in [5, 5.41) is 2.97. The Bertz CT molecular complexity index is 234. The van der Waals surface area contributed by atoms with Gasteiger partial charge in [-0.1, -0.05) is 0 Å². The highest BCUT2D eigenvalue weighted by Gasteiger charge is 2.22. The molecule has 2 amide bonds. The van der Waals surface area contributed by atoms with Crippen molar-refractivity contribution < 1.29 is 4.79 Å². The quantitative estimate of drug-likeness (QED) is 0.733. The number of hydrogen-bond donors (Lipinski definition) is 1. The van der Waals surface area contributed by atoms with Crippen molar-refractivity contribution in [1.82, 2.24) is 20.0 Å². The molecule has 0 bridgehead atoms. The Labute approximate surface area is 98.4 Å². The van der Waals surface area contributed by atoms with Gasteiger partial charge in [0.2, 0.25) is 0 Å². The van der Waals surface area contributed by atoms with E-state index in [1.165, 1.54) is 0 Å². The molecule has 1 atom stereocenters. The van der Waals surface area contributed by atoms with Gasteiger partial charge in [0.25, 0.3) is 0 Å². The number of amides is 2. The Morgan fingerprint density at radius 1 is 1.44 bits per heavy atom. The summed E-state index contributed by atoms with van der Waals surface area (Å²) in [6.07, 6.45) is 0. The van der Waals surface area contributed by atoms with Gasteiger partial charge in [-0.25, -0.2) is 4.79 Å². The first-order chi connectivity index (χ1) is 7.54. The van der Waals surface area contributed by atoms with E-state index in [1.54, 1.807) is 4.90 Å². The Balaban J connectivity index is 2.33. The van der Waals surface area contributed by atoms with Crippen LogP contribution >= 0.6 is 0 Å². The van der Waals surface area contributed by atoms with Crippen LogP contribution in [0.4, 0.5) is 4.79 Å². The number of rotatable bonds is 3. The first-order valence-electron chi connectivity index (χ1n) is 5.92. The predicted molar refractivity (Wildman–Crippen MR) is 65.6 cm³/mol. The minimum atomic E-state index is 0.0177. The normalized spacial score (nSPS) is 23.1. The van der Waals surface area contributed by atoms with Gasteiger partial charge in [-0.3, -0.25) is 4.90 Å². The lowest BCUT2D eigenvalue weighted by Gasteiger charge is -2.37. The van der Waals surface area contributed by atoms with E-state index in [1.807, 2.05) is 14.0 Å². The van der Waals surface area contributed by atoms with Crippen LogP contribution in [0.2, 0.25) is 0 Å². The van der Waals surface area contributed by atoms with Crippen molar-refractivity contribution in [2.45, 2.75) is 13.0 Å². The number of nitrogens with zero attached hydrogens (tertiary/aromatic N) is 3. The molecular weight excluding hydrogens is 204 g/mol. The second kappa shape index (κ2) is 6.06. The molecule has 0 aromatic carbocycles. The highest BCUT2D eigenvalue weighted by atomic mass is 16.2. The van der Waals surface area contributed by atoms with Crippen LogP contribution in [0.15, 0.2) is 0 Å². The largest absolute Gasteiger partial charge is 0.336 e. The molecule has 5 heteroatoms. The predicted octanol–water partition coefficient (Wildman–Crippen LogP) is -0.106. The standard InChI is InChI=1S/C11H24N4O/c1-5-14(3)11(16)12-8-10-9-13(2)6-7-15(10)4/h10H,5-9H2,1-4H3,(H,12,16). The number of likely N-dealkylation sites (N-methyl/N-ethyl adjacent to an activating group) is 2. The molecule has 1 N–H and O–H groups in total. The van der Waals surface area contributed by atoms with E-state index in [0.29, 0.717) is 6.04 Å². The molecule has 1 unspecified atom stereocenters. The van der Waals surface area contributed by atoms with Crippen LogP contribution in [0, 0.1) is 0 Å². The Kier molecular flexibility index (Phi) is 5.02. The van der Waals surface area contributed by atoms with Crippen LogP contribution < -0.4 is 5.32 Å². The molecule has 0 spiro atoms. The topological polar surface area (TPSA) is 38.8 Å². The van der Waals surface area contributed by atoms with Crippen molar-refractivity contribution >= 4 is 6.03 Å². The summed E-state index contributed by atoms with van der Waals surface area (Å²) in [5.74, 6) is 0. The van der Waals surface area contributed by atoms with Gasteiger partial charge in [-0.05, 0) is 21.0 Å². The number of carbonyl (C=O) groups is 1. The van der Waals surface area contributed by atoms with E-state index in [-0.39, 0.29) is 6.03 Å². The molecule has 1 saturated heterocycles. The number of carbonyl (C=O) groups excluding carboxylic acids is 1. The van der Waals surface area contributed by atoms with Gasteiger partial charge in [-0.15, -0.1) is 0 Å². The number of hydrogen-bond acceptors (Lipinski definition) is 3. The highest BCUT2D eigenvalue weighted by Crippen LogP contribution is 2.04. The van der Waals surface area contributed by atoms with Crippen molar-refractivity contribution in [1.29, 1.82) is 0 Å². The molecule has 0 aliphatic carbocycles. The number of nitrogens with one attached hydrogen (secondary N) is 1. The highest BCUT2D eigenvalue weighted by molar-refractivity contribution is 5.73. The van der Waals surface area contributed by atoms with Gasteiger partial charge in [0, 0.05) is 45.8 Å². The van der Waals surface area contributed by atoms with Gasteiger partial charge < -0.3 is 15.1 Å². The lowest BCUT2D eigenvalue weighted by atomic mass is 10.2.